The fraction of sp³-hybridized carbons (Fsp3) is 0.345. The molecule has 0 aliphatic carbocycles. The van der Waals surface area contributed by atoms with E-state index >= 15 is 0 Å². The summed E-state index contributed by atoms with van der Waals surface area (Å²) >= 11 is 0. The Morgan fingerprint density at radius 2 is 1.70 bits per heavy atom. The molecule has 0 aromatic heterocycles. The Hall–Kier alpha value is -3.11. The lowest BCUT2D eigenvalue weighted by atomic mass is 9.87. The normalized spacial score (nSPS) is 16.8. The molecule has 0 saturated carbocycles. The first kappa shape index (κ1) is 23.1. The Labute approximate surface area is 197 Å². The quantitative estimate of drug-likeness (QED) is 0.510. The predicted octanol–water partition coefficient (Wildman–Crippen LogP) is 5.37. The molecule has 3 aromatic carbocycles. The van der Waals surface area contributed by atoms with E-state index in [-0.39, 0.29) is 11.9 Å². The molecule has 0 saturated heterocycles. The number of ether oxygens (including phenoxy) is 1. The smallest absolute Gasteiger partial charge is 0.260 e. The summed E-state index contributed by atoms with van der Waals surface area (Å²) in [6, 6.07) is 27.8. The fourth-order valence-corrected chi connectivity index (χ4v) is 4.44. The lowest BCUT2D eigenvalue weighted by Gasteiger charge is -2.38. The number of carbonyl (C=O) groups excluding carboxylic acids is 1. The first-order valence-corrected chi connectivity index (χ1v) is 11.9. The van der Waals surface area contributed by atoms with Gasteiger partial charge in [-0.25, -0.2) is 0 Å². The summed E-state index contributed by atoms with van der Waals surface area (Å²) in [6.45, 7) is 8.52. The number of carbonyl (C=O) groups is 1. The zero-order valence-electron chi connectivity index (χ0n) is 19.8. The van der Waals surface area contributed by atoms with E-state index in [9.17, 15) is 4.79 Å². The lowest BCUT2D eigenvalue weighted by molar-refractivity contribution is -0.127. The Morgan fingerprint density at radius 1 is 1.00 bits per heavy atom. The maximum absolute atomic E-state index is 12.4. The van der Waals surface area contributed by atoms with Crippen LogP contribution < -0.4 is 10.1 Å². The Balaban J connectivity index is 1.60. The molecule has 1 amide bonds. The SMILES string of the molecule is CC(C)CNC(=O)C(C)Oc1ccc2c(c1)C(c1ccccc1)N(Cc1ccccc1)CC2. The van der Waals surface area contributed by atoms with Gasteiger partial charge in [0.2, 0.25) is 0 Å². The lowest BCUT2D eigenvalue weighted by Crippen LogP contribution is -2.38. The molecular weight excluding hydrogens is 408 g/mol. The van der Waals surface area contributed by atoms with Crippen molar-refractivity contribution in [3.63, 3.8) is 0 Å². The van der Waals surface area contributed by atoms with Crippen LogP contribution in [0, 0.1) is 5.92 Å². The molecule has 4 rings (SSSR count). The van der Waals surface area contributed by atoms with Crippen molar-refractivity contribution in [2.24, 2.45) is 5.92 Å². The third kappa shape index (κ3) is 5.82. The van der Waals surface area contributed by atoms with Crippen molar-refractivity contribution in [2.45, 2.75) is 45.9 Å². The molecule has 1 aliphatic rings. The van der Waals surface area contributed by atoms with Crippen molar-refractivity contribution >= 4 is 5.91 Å². The summed E-state index contributed by atoms with van der Waals surface area (Å²) in [5.41, 5.74) is 5.19. The first-order valence-electron chi connectivity index (χ1n) is 11.9. The molecule has 33 heavy (non-hydrogen) atoms. The van der Waals surface area contributed by atoms with Gasteiger partial charge in [0, 0.05) is 19.6 Å². The van der Waals surface area contributed by atoms with Gasteiger partial charge in [0.1, 0.15) is 5.75 Å². The van der Waals surface area contributed by atoms with Gasteiger partial charge in [-0.15, -0.1) is 0 Å². The van der Waals surface area contributed by atoms with Crippen LogP contribution in [0.2, 0.25) is 0 Å². The topological polar surface area (TPSA) is 41.6 Å². The number of hydrogen-bond acceptors (Lipinski definition) is 3. The van der Waals surface area contributed by atoms with E-state index in [0.717, 1.165) is 25.3 Å². The number of fused-ring (bicyclic) bond motifs is 1. The minimum atomic E-state index is -0.541. The van der Waals surface area contributed by atoms with Crippen LogP contribution >= 0.6 is 0 Å². The third-order valence-corrected chi connectivity index (χ3v) is 6.16. The predicted molar refractivity (Wildman–Crippen MR) is 133 cm³/mol. The van der Waals surface area contributed by atoms with Gasteiger partial charge in [-0.1, -0.05) is 80.6 Å². The Morgan fingerprint density at radius 3 is 2.39 bits per heavy atom. The third-order valence-electron chi connectivity index (χ3n) is 6.16. The number of rotatable bonds is 8. The number of amides is 1. The van der Waals surface area contributed by atoms with Gasteiger partial charge in [-0.3, -0.25) is 9.69 Å². The second-order valence-electron chi connectivity index (χ2n) is 9.28. The monoisotopic (exact) mass is 442 g/mol. The van der Waals surface area contributed by atoms with Crippen molar-refractivity contribution in [3.8, 4) is 5.75 Å². The highest BCUT2D eigenvalue weighted by Gasteiger charge is 2.29. The van der Waals surface area contributed by atoms with Gasteiger partial charge in [0.15, 0.2) is 6.10 Å². The molecule has 1 heterocycles. The second kappa shape index (κ2) is 10.7. The van der Waals surface area contributed by atoms with E-state index in [1.54, 1.807) is 0 Å². The summed E-state index contributed by atoms with van der Waals surface area (Å²) in [7, 11) is 0. The molecule has 1 N–H and O–H groups in total. The van der Waals surface area contributed by atoms with Gasteiger partial charge >= 0.3 is 0 Å². The second-order valence-corrected chi connectivity index (χ2v) is 9.28. The summed E-state index contributed by atoms with van der Waals surface area (Å²) < 4.78 is 6.08. The van der Waals surface area contributed by atoms with Gasteiger partial charge in [0.25, 0.3) is 5.91 Å². The van der Waals surface area contributed by atoms with E-state index in [1.165, 1.54) is 22.3 Å². The fourth-order valence-electron chi connectivity index (χ4n) is 4.44. The average Bonchev–Trinajstić information content (AvgIpc) is 2.83. The number of nitrogens with zero attached hydrogens (tertiary/aromatic N) is 1. The van der Waals surface area contributed by atoms with Crippen LogP contribution in [0.1, 0.15) is 49.1 Å². The summed E-state index contributed by atoms with van der Waals surface area (Å²) in [4.78, 5) is 15.0. The summed E-state index contributed by atoms with van der Waals surface area (Å²) in [5, 5.41) is 2.96. The van der Waals surface area contributed by atoms with E-state index in [0.29, 0.717) is 12.5 Å². The zero-order valence-corrected chi connectivity index (χ0v) is 19.8. The van der Waals surface area contributed by atoms with Crippen LogP contribution in [0.3, 0.4) is 0 Å². The maximum Gasteiger partial charge on any atom is 0.260 e. The van der Waals surface area contributed by atoms with E-state index < -0.39 is 6.10 Å². The van der Waals surface area contributed by atoms with Crippen LogP contribution in [0.15, 0.2) is 78.9 Å². The van der Waals surface area contributed by atoms with Crippen molar-refractivity contribution in [3.05, 3.63) is 101 Å². The molecule has 172 valence electrons. The highest BCUT2D eigenvalue weighted by atomic mass is 16.5. The zero-order chi connectivity index (χ0) is 23.2. The summed E-state index contributed by atoms with van der Waals surface area (Å²) in [6.07, 6.45) is 0.455. The van der Waals surface area contributed by atoms with Gasteiger partial charge in [-0.2, -0.15) is 0 Å². The van der Waals surface area contributed by atoms with Crippen molar-refractivity contribution in [2.75, 3.05) is 13.1 Å². The Bertz CT molecular complexity index is 1050. The van der Waals surface area contributed by atoms with Crippen LogP contribution in [-0.2, 0) is 17.8 Å². The first-order chi connectivity index (χ1) is 16.0. The van der Waals surface area contributed by atoms with Crippen molar-refractivity contribution in [1.29, 1.82) is 0 Å². The highest BCUT2D eigenvalue weighted by molar-refractivity contribution is 5.80. The molecule has 2 atom stereocenters. The maximum atomic E-state index is 12.4. The largest absolute Gasteiger partial charge is 0.481 e. The number of nitrogens with one attached hydrogen (secondary N) is 1. The molecule has 0 spiro atoms. The molecule has 1 aliphatic heterocycles. The molecular formula is C29H34N2O2. The van der Waals surface area contributed by atoms with Gasteiger partial charge < -0.3 is 10.1 Å². The van der Waals surface area contributed by atoms with E-state index in [2.05, 4.69) is 96.9 Å². The molecule has 4 nitrogen and oxygen atoms in total. The molecule has 3 aromatic rings. The highest BCUT2D eigenvalue weighted by Crippen LogP contribution is 2.38. The van der Waals surface area contributed by atoms with Crippen LogP contribution in [0.4, 0.5) is 0 Å². The molecule has 0 radical (unpaired) electrons. The molecule has 0 bridgehead atoms. The number of benzene rings is 3. The minimum Gasteiger partial charge on any atom is -0.481 e. The van der Waals surface area contributed by atoms with Crippen molar-refractivity contribution in [1.82, 2.24) is 10.2 Å². The summed E-state index contributed by atoms with van der Waals surface area (Å²) in [5.74, 6) is 1.07. The van der Waals surface area contributed by atoms with E-state index in [4.69, 9.17) is 4.74 Å². The number of hydrogen-bond donors (Lipinski definition) is 1. The molecule has 0 fully saturated rings. The molecule has 2 unspecified atom stereocenters. The van der Waals surface area contributed by atoms with Crippen LogP contribution in [0.25, 0.3) is 0 Å². The van der Waals surface area contributed by atoms with Crippen molar-refractivity contribution < 1.29 is 9.53 Å². The van der Waals surface area contributed by atoms with Gasteiger partial charge in [0.05, 0.1) is 6.04 Å². The van der Waals surface area contributed by atoms with Crippen LogP contribution in [0.5, 0.6) is 5.75 Å². The van der Waals surface area contributed by atoms with E-state index in [1.807, 2.05) is 13.0 Å². The minimum absolute atomic E-state index is 0.0771. The average molecular weight is 443 g/mol. The van der Waals surface area contributed by atoms with Gasteiger partial charge in [-0.05, 0) is 53.6 Å². The standard InChI is InChI=1S/C29H34N2O2/c1-21(2)19-30-29(32)22(3)33-26-15-14-24-16-17-31(20-23-10-6-4-7-11-23)28(27(24)18-26)25-12-8-5-9-13-25/h4-15,18,21-22,28H,16-17,19-20H2,1-3H3,(H,30,32). The molecule has 4 heteroatoms. The van der Waals surface area contributed by atoms with Crippen LogP contribution in [-0.4, -0.2) is 30.0 Å². The Kier molecular flexibility index (Phi) is 7.46.